The molecule has 9 aromatic rings. The molecule has 1 N–H and O–H groups in total. The predicted octanol–water partition coefficient (Wildman–Crippen LogP) is 22.1. The zero-order valence-corrected chi connectivity index (χ0v) is 54.4. The molecule has 11 heteroatoms. The second kappa shape index (κ2) is 37.3. The first-order chi connectivity index (χ1) is 41.2. The van der Waals surface area contributed by atoms with Crippen LogP contribution in [0.3, 0.4) is 0 Å². The van der Waals surface area contributed by atoms with Gasteiger partial charge in [-0.05, 0) is 158 Å². The van der Waals surface area contributed by atoms with Crippen LogP contribution in [0, 0.1) is 24.1 Å². The van der Waals surface area contributed by atoms with Crippen LogP contribution in [0.2, 0.25) is 0 Å². The highest BCUT2D eigenvalue weighted by Crippen LogP contribution is 2.34. The van der Waals surface area contributed by atoms with Gasteiger partial charge in [0.2, 0.25) is 5.82 Å². The Balaban J connectivity index is 0.000000266. The highest BCUT2D eigenvalue weighted by atomic mass is 19.4. The number of nitrogens with zero attached hydrogens (tertiary/aromatic N) is 4. The summed E-state index contributed by atoms with van der Waals surface area (Å²) in [4.78, 5) is 0. The van der Waals surface area contributed by atoms with Crippen LogP contribution >= 0.6 is 0 Å². The quantitative estimate of drug-likeness (QED) is 0.0967. The van der Waals surface area contributed by atoms with Crippen LogP contribution in [-0.4, -0.2) is 34.8 Å². The number of nitrogens with one attached hydrogen (secondary N) is 1. The number of H-pyrrole nitrogens is 1. The van der Waals surface area contributed by atoms with E-state index in [1.807, 2.05) is 54.6 Å². The molecule has 462 valence electrons. The van der Waals surface area contributed by atoms with Crippen molar-refractivity contribution in [3.8, 4) is 29.0 Å². The zero-order valence-electron chi connectivity index (χ0n) is 54.4. The minimum Gasteiger partial charge on any atom is -0.493 e. The van der Waals surface area contributed by atoms with Crippen molar-refractivity contribution in [3.05, 3.63) is 256 Å². The zero-order chi connectivity index (χ0) is 64.8. The molecule has 8 aromatic carbocycles. The van der Waals surface area contributed by atoms with Gasteiger partial charge in [-0.25, -0.2) is 4.39 Å². The van der Waals surface area contributed by atoms with Crippen molar-refractivity contribution < 1.29 is 27.0 Å². The van der Waals surface area contributed by atoms with Gasteiger partial charge < -0.3 is 9.47 Å². The maximum atomic E-state index is 12.8. The van der Waals surface area contributed by atoms with Crippen molar-refractivity contribution in [3.63, 3.8) is 0 Å². The lowest BCUT2D eigenvalue weighted by molar-refractivity contribution is -0.140. The van der Waals surface area contributed by atoms with Crippen molar-refractivity contribution in [2.45, 2.75) is 158 Å². The number of allylic oxidation sites excluding steroid dienone is 1. The topological polar surface area (TPSA) is 96.7 Å². The lowest BCUT2D eigenvalue weighted by Gasteiger charge is -2.11. The maximum absolute atomic E-state index is 12.8. The van der Waals surface area contributed by atoms with E-state index < -0.39 is 17.6 Å². The third-order valence-electron chi connectivity index (χ3n) is 14.0. The predicted molar refractivity (Wildman–Crippen MR) is 356 cm³/mol. The Morgan fingerprint density at radius 3 is 1.48 bits per heavy atom. The van der Waals surface area contributed by atoms with Gasteiger partial charge in [0.25, 0.3) is 0 Å². The number of ether oxygens (including phenoxy) is 2. The van der Waals surface area contributed by atoms with Gasteiger partial charge in [0, 0.05) is 5.56 Å². The van der Waals surface area contributed by atoms with E-state index in [4.69, 9.17) is 14.7 Å². The SMILES string of the molecule is C=CCc1cccc(C(C)C)c1.CC(C)c1ccc(F)c(C(F)(F)F)c1.CC(C)c1ccc2ccccc2c1.CC(C)c1cccc(-c2nn[nH]n2)c1.CC(C)c1cccc(C#N)c1.COc1ccc(C(C)C)cc1OC.Cc1cccc(C(C)C)c1. The number of hydrogen-bond acceptors (Lipinski definition) is 6. The fraction of sp³-hybridized carbons (Fsp3) is 0.342. The number of aromatic nitrogens is 4. The van der Waals surface area contributed by atoms with Gasteiger partial charge in [-0.15, -0.1) is 16.8 Å². The normalized spacial score (nSPS) is 10.7. The van der Waals surface area contributed by atoms with E-state index in [1.165, 1.54) is 61.3 Å². The van der Waals surface area contributed by atoms with Crippen LogP contribution in [0.15, 0.2) is 189 Å². The minimum atomic E-state index is -4.62. The molecule has 0 aliphatic rings. The first-order valence-electron chi connectivity index (χ1n) is 29.9. The van der Waals surface area contributed by atoms with Gasteiger partial charge in [-0.2, -0.15) is 23.6 Å². The molecule has 0 saturated heterocycles. The molecular formula is C76H93F4N5O2. The summed E-state index contributed by atoms with van der Waals surface area (Å²) in [5.41, 5.74) is 11.8. The Kier molecular flexibility index (Phi) is 31.2. The van der Waals surface area contributed by atoms with E-state index in [9.17, 15) is 17.6 Å². The van der Waals surface area contributed by atoms with E-state index in [-0.39, 0.29) is 5.92 Å². The van der Waals surface area contributed by atoms with E-state index in [0.717, 1.165) is 41.2 Å². The third-order valence-corrected chi connectivity index (χ3v) is 14.0. The molecule has 9 rings (SSSR count). The monoisotopic (exact) mass is 1180 g/mol. The summed E-state index contributed by atoms with van der Waals surface area (Å²) in [7, 11) is 3.30. The number of tetrazole rings is 1. The summed E-state index contributed by atoms with van der Waals surface area (Å²) in [5.74, 6) is 4.39. The third kappa shape index (κ3) is 25.6. The number of alkyl halides is 3. The van der Waals surface area contributed by atoms with Crippen LogP contribution in [0.5, 0.6) is 11.5 Å². The number of hydrogen-bond donors (Lipinski definition) is 1. The van der Waals surface area contributed by atoms with Crippen molar-refractivity contribution in [1.82, 2.24) is 20.6 Å². The summed E-state index contributed by atoms with van der Waals surface area (Å²) in [5, 5.41) is 25.1. The summed E-state index contributed by atoms with van der Waals surface area (Å²) < 4.78 is 59.9. The van der Waals surface area contributed by atoms with Gasteiger partial charge in [-0.3, -0.25) is 0 Å². The molecule has 0 spiro atoms. The lowest BCUT2D eigenvalue weighted by Crippen LogP contribution is -2.09. The van der Waals surface area contributed by atoms with Crippen LogP contribution < -0.4 is 9.47 Å². The summed E-state index contributed by atoms with van der Waals surface area (Å²) >= 11 is 0. The first kappa shape index (κ1) is 72.9. The number of methoxy groups -OCH3 is 2. The van der Waals surface area contributed by atoms with Gasteiger partial charge in [0.1, 0.15) is 5.82 Å². The van der Waals surface area contributed by atoms with Crippen molar-refractivity contribution in [2.75, 3.05) is 14.2 Å². The molecule has 0 aliphatic carbocycles. The highest BCUT2D eigenvalue weighted by molar-refractivity contribution is 5.83. The summed E-state index contributed by atoms with van der Waals surface area (Å²) in [6.07, 6.45) is -1.70. The molecule has 0 unspecified atom stereocenters. The minimum absolute atomic E-state index is 0.0447. The van der Waals surface area contributed by atoms with E-state index >= 15 is 0 Å². The molecule has 87 heavy (non-hydrogen) atoms. The molecule has 0 bridgehead atoms. The second-order valence-electron chi connectivity index (χ2n) is 23.3. The maximum Gasteiger partial charge on any atom is 0.419 e. The molecule has 0 saturated carbocycles. The number of rotatable bonds is 12. The molecule has 0 fully saturated rings. The molecule has 7 nitrogen and oxygen atoms in total. The molecular weight excluding hydrogens is 1090 g/mol. The van der Waals surface area contributed by atoms with Gasteiger partial charge in [0.15, 0.2) is 11.5 Å². The number of aryl methyl sites for hydroxylation is 1. The number of nitriles is 1. The number of benzene rings is 8. The van der Waals surface area contributed by atoms with Gasteiger partial charge >= 0.3 is 6.18 Å². The smallest absolute Gasteiger partial charge is 0.419 e. The van der Waals surface area contributed by atoms with Crippen molar-refractivity contribution >= 4 is 10.8 Å². The standard InChI is InChI=1S/C13H14.C12H16.C11H16O2.C10H10F4.C10H12N4.C10H11N.C10H14/c1-10(2)12-8-7-11-5-3-4-6-13(11)9-12;1-4-6-11-7-5-8-12(9-11)10(2)3;1-8(2)9-5-6-10(12-3)11(7-9)13-4;1-6(2)7-3-4-9(11)8(5-7)10(12,13)14;1-7(2)8-4-3-5-9(6-8)10-11-13-14-12-10;1-8(2)10-5-3-4-9(6-10)7-11;1-8(2)10-6-4-5-9(3)7-10/h3-10H,1-2H3;4-5,7-10H,1,6H2,2-3H3;5-8H,1-4H3;3-6H,1-2H3;3-7H,1-2H3,(H,11,12,13,14);3-6,8H,1-2H3;4-8H,1-3H3. The molecule has 0 atom stereocenters. The van der Waals surface area contributed by atoms with Gasteiger partial charge in [-0.1, -0.05) is 242 Å². The molecule has 0 radical (unpaired) electrons. The van der Waals surface area contributed by atoms with Gasteiger partial charge in [0.05, 0.1) is 31.4 Å². The molecule has 0 amide bonds. The van der Waals surface area contributed by atoms with E-state index in [1.54, 1.807) is 28.1 Å². The highest BCUT2D eigenvalue weighted by Gasteiger charge is 2.34. The first-order valence-corrected chi connectivity index (χ1v) is 29.9. The summed E-state index contributed by atoms with van der Waals surface area (Å²) in [6, 6.07) is 59.7. The molecule has 1 heterocycles. The van der Waals surface area contributed by atoms with Crippen LogP contribution in [-0.2, 0) is 12.6 Å². The van der Waals surface area contributed by atoms with Crippen molar-refractivity contribution in [1.29, 1.82) is 5.26 Å². The Morgan fingerprint density at radius 2 is 0.977 bits per heavy atom. The average molecular weight is 1180 g/mol. The average Bonchev–Trinajstić information content (AvgIpc) is 3.68. The fourth-order valence-electron chi connectivity index (χ4n) is 8.46. The number of fused-ring (bicyclic) bond motifs is 1. The Hall–Kier alpha value is -8.36. The largest absolute Gasteiger partial charge is 0.493 e. The summed E-state index contributed by atoms with van der Waals surface area (Å²) in [6.45, 7) is 35.6. The van der Waals surface area contributed by atoms with E-state index in [2.05, 4.69) is 232 Å². The van der Waals surface area contributed by atoms with Crippen molar-refractivity contribution in [2.24, 2.45) is 0 Å². The molecule has 1 aromatic heterocycles. The Morgan fingerprint density at radius 1 is 0.506 bits per heavy atom. The Labute approximate surface area is 517 Å². The van der Waals surface area contributed by atoms with Crippen LogP contribution in [0.1, 0.15) is 200 Å². The molecule has 0 aliphatic heterocycles. The Bertz CT molecular complexity index is 3480. The second-order valence-corrected chi connectivity index (χ2v) is 23.3. The van der Waals surface area contributed by atoms with Crippen LogP contribution in [0.25, 0.3) is 22.2 Å². The van der Waals surface area contributed by atoms with Crippen LogP contribution in [0.4, 0.5) is 17.6 Å². The number of aromatic amines is 1. The number of halogens is 4. The van der Waals surface area contributed by atoms with E-state index in [0.29, 0.717) is 46.9 Å². The lowest BCUT2D eigenvalue weighted by atomic mass is 9.99. The fourth-order valence-corrected chi connectivity index (χ4v) is 8.46.